The van der Waals surface area contributed by atoms with Gasteiger partial charge in [-0.2, -0.15) is 0 Å². The lowest BCUT2D eigenvalue weighted by molar-refractivity contribution is -0.117. The number of nitrogens with one attached hydrogen (secondary N) is 1. The SMILES string of the molecule is Cc1nc(C)c(C(=O)C2=C(O)C(=O)N(c3nc4ccc(F)cc4[nH]3)C2c2ccco2)s1. The van der Waals surface area contributed by atoms with E-state index < -0.39 is 29.3 Å². The number of nitrogens with zero attached hydrogens (tertiary/aromatic N) is 3. The van der Waals surface area contributed by atoms with E-state index in [0.29, 0.717) is 26.6 Å². The first-order valence-electron chi connectivity index (χ1n) is 9.29. The largest absolute Gasteiger partial charge is 0.503 e. The molecule has 10 heteroatoms. The molecule has 0 saturated heterocycles. The number of H-pyrrole nitrogens is 1. The van der Waals surface area contributed by atoms with Crippen molar-refractivity contribution in [2.45, 2.75) is 19.9 Å². The van der Waals surface area contributed by atoms with Gasteiger partial charge in [0.15, 0.2) is 5.76 Å². The maximum Gasteiger partial charge on any atom is 0.296 e. The van der Waals surface area contributed by atoms with Crippen molar-refractivity contribution in [3.63, 3.8) is 0 Å². The number of aliphatic hydroxyl groups excluding tert-OH is 1. The van der Waals surface area contributed by atoms with Gasteiger partial charge in [-0.1, -0.05) is 0 Å². The number of hydrogen-bond donors (Lipinski definition) is 2. The molecule has 156 valence electrons. The lowest BCUT2D eigenvalue weighted by atomic mass is 10.00. The monoisotopic (exact) mass is 438 g/mol. The van der Waals surface area contributed by atoms with Crippen LogP contribution in [0.15, 0.2) is 52.3 Å². The molecule has 31 heavy (non-hydrogen) atoms. The van der Waals surface area contributed by atoms with Crippen LogP contribution in [0.2, 0.25) is 0 Å². The third-order valence-corrected chi connectivity index (χ3v) is 6.11. The van der Waals surface area contributed by atoms with Crippen LogP contribution < -0.4 is 4.90 Å². The molecule has 4 heterocycles. The average Bonchev–Trinajstić information content (AvgIpc) is 3.48. The fourth-order valence-corrected chi connectivity index (χ4v) is 4.59. The summed E-state index contributed by atoms with van der Waals surface area (Å²) < 4.78 is 19.1. The minimum Gasteiger partial charge on any atom is -0.503 e. The molecule has 0 spiro atoms. The molecule has 0 radical (unpaired) electrons. The summed E-state index contributed by atoms with van der Waals surface area (Å²) in [5.41, 5.74) is 1.18. The molecular weight excluding hydrogens is 423 g/mol. The summed E-state index contributed by atoms with van der Waals surface area (Å²) in [7, 11) is 0. The molecule has 8 nitrogen and oxygen atoms in total. The number of halogens is 1. The maximum absolute atomic E-state index is 13.6. The van der Waals surface area contributed by atoms with Crippen molar-refractivity contribution in [2.75, 3.05) is 4.90 Å². The summed E-state index contributed by atoms with van der Waals surface area (Å²) in [6, 6.07) is 6.13. The van der Waals surface area contributed by atoms with Gasteiger partial charge < -0.3 is 14.5 Å². The first-order valence-corrected chi connectivity index (χ1v) is 10.1. The van der Waals surface area contributed by atoms with E-state index in [1.54, 1.807) is 26.0 Å². The molecule has 0 fully saturated rings. The highest BCUT2D eigenvalue weighted by atomic mass is 32.1. The standard InChI is InChI=1S/C21H15FN4O4S/c1-9-19(31-10(2)23-9)17(27)15-16(14-4-3-7-30-14)26(20(29)18(15)28)21-24-12-6-5-11(22)8-13(12)25-21/h3-8,16,28H,1-2H3,(H,24,25). The number of fused-ring (bicyclic) bond motifs is 1. The van der Waals surface area contributed by atoms with Crippen LogP contribution in [0.4, 0.5) is 10.3 Å². The predicted octanol–water partition coefficient (Wildman–Crippen LogP) is 4.15. The number of furan rings is 1. The van der Waals surface area contributed by atoms with Crippen LogP contribution in [0.3, 0.4) is 0 Å². The van der Waals surface area contributed by atoms with Crippen molar-refractivity contribution in [1.29, 1.82) is 0 Å². The van der Waals surface area contributed by atoms with Crippen LogP contribution >= 0.6 is 11.3 Å². The maximum atomic E-state index is 13.6. The summed E-state index contributed by atoms with van der Waals surface area (Å²) in [5.74, 6) is -2.16. The van der Waals surface area contributed by atoms with E-state index in [1.807, 2.05) is 0 Å². The number of carbonyl (C=O) groups excluding carboxylic acids is 2. The van der Waals surface area contributed by atoms with Crippen molar-refractivity contribution in [3.8, 4) is 0 Å². The number of thiazole rings is 1. The Bertz CT molecular complexity index is 1390. The Morgan fingerprint density at radius 3 is 2.77 bits per heavy atom. The van der Waals surface area contributed by atoms with Gasteiger partial charge in [0.25, 0.3) is 5.91 Å². The highest BCUT2D eigenvalue weighted by molar-refractivity contribution is 7.14. The van der Waals surface area contributed by atoms with E-state index in [1.165, 1.54) is 35.8 Å². The third-order valence-electron chi connectivity index (χ3n) is 5.03. The molecule has 1 aromatic carbocycles. The minimum absolute atomic E-state index is 0.0542. The quantitative estimate of drug-likeness (QED) is 0.463. The summed E-state index contributed by atoms with van der Waals surface area (Å²) >= 11 is 1.18. The fraction of sp³-hybridized carbons (Fsp3) is 0.143. The van der Waals surface area contributed by atoms with Gasteiger partial charge in [0.05, 0.1) is 38.4 Å². The predicted molar refractivity (Wildman–Crippen MR) is 111 cm³/mol. The molecule has 2 N–H and O–H groups in total. The zero-order valence-electron chi connectivity index (χ0n) is 16.3. The summed E-state index contributed by atoms with van der Waals surface area (Å²) in [6.07, 6.45) is 1.41. The molecule has 0 aliphatic carbocycles. The molecule has 1 unspecified atom stereocenters. The molecule has 1 atom stereocenters. The summed E-state index contributed by atoms with van der Waals surface area (Å²) in [5, 5.41) is 11.4. The minimum atomic E-state index is -1.05. The van der Waals surface area contributed by atoms with Crippen molar-refractivity contribution in [3.05, 3.63) is 75.1 Å². The highest BCUT2D eigenvalue weighted by Gasteiger charge is 2.47. The van der Waals surface area contributed by atoms with Crippen molar-refractivity contribution < 1.29 is 23.5 Å². The number of carbonyl (C=O) groups is 2. The Kier molecular flexibility index (Phi) is 4.26. The van der Waals surface area contributed by atoms with Gasteiger partial charge in [0.2, 0.25) is 11.7 Å². The molecule has 3 aromatic heterocycles. The number of imidazole rings is 1. The number of aliphatic hydroxyl groups is 1. The van der Waals surface area contributed by atoms with Crippen LogP contribution in [0.25, 0.3) is 11.0 Å². The van der Waals surface area contributed by atoms with Crippen molar-refractivity contribution >= 4 is 40.0 Å². The number of benzene rings is 1. The number of ketones is 1. The number of rotatable bonds is 4. The van der Waals surface area contributed by atoms with E-state index in [9.17, 15) is 19.1 Å². The van der Waals surface area contributed by atoms with Crippen LogP contribution in [0, 0.1) is 19.7 Å². The zero-order valence-corrected chi connectivity index (χ0v) is 17.2. The zero-order chi connectivity index (χ0) is 21.9. The van der Waals surface area contributed by atoms with Crippen LogP contribution in [-0.4, -0.2) is 31.7 Å². The van der Waals surface area contributed by atoms with E-state index in [4.69, 9.17) is 4.42 Å². The van der Waals surface area contributed by atoms with Gasteiger partial charge in [0.1, 0.15) is 17.6 Å². The Morgan fingerprint density at radius 1 is 1.29 bits per heavy atom. The molecule has 0 bridgehead atoms. The number of aromatic nitrogens is 3. The number of Topliss-reactive ketones (excluding diaryl/α,β-unsaturated/α-hetero) is 1. The first-order chi connectivity index (χ1) is 14.8. The van der Waals surface area contributed by atoms with Gasteiger partial charge in [-0.25, -0.2) is 14.4 Å². The van der Waals surface area contributed by atoms with Gasteiger partial charge in [-0.15, -0.1) is 11.3 Å². The van der Waals surface area contributed by atoms with E-state index in [0.717, 1.165) is 4.90 Å². The van der Waals surface area contributed by atoms with Gasteiger partial charge in [0, 0.05) is 0 Å². The van der Waals surface area contributed by atoms with Crippen LogP contribution in [0.1, 0.15) is 32.2 Å². The average molecular weight is 438 g/mol. The number of anilines is 1. The number of hydrogen-bond acceptors (Lipinski definition) is 7. The molecule has 1 aliphatic heterocycles. The van der Waals surface area contributed by atoms with E-state index >= 15 is 0 Å². The molecule has 1 amide bonds. The van der Waals surface area contributed by atoms with Crippen LogP contribution in [0.5, 0.6) is 0 Å². The smallest absolute Gasteiger partial charge is 0.296 e. The topological polar surface area (TPSA) is 112 Å². The highest BCUT2D eigenvalue weighted by Crippen LogP contribution is 2.42. The lowest BCUT2D eigenvalue weighted by Crippen LogP contribution is -2.31. The van der Waals surface area contributed by atoms with Gasteiger partial charge in [-0.05, 0) is 44.2 Å². The Morgan fingerprint density at radius 2 is 2.10 bits per heavy atom. The number of amides is 1. The second kappa shape index (κ2) is 6.88. The van der Waals surface area contributed by atoms with Gasteiger partial charge in [-0.3, -0.25) is 14.5 Å². The third kappa shape index (κ3) is 2.95. The molecular formula is C21H15FN4O4S. The van der Waals surface area contributed by atoms with Crippen LogP contribution in [-0.2, 0) is 4.79 Å². The number of aryl methyl sites for hydroxylation is 2. The first kappa shape index (κ1) is 19.2. The Hall–Kier alpha value is -3.79. The summed E-state index contributed by atoms with van der Waals surface area (Å²) in [4.78, 5) is 39.4. The molecule has 5 rings (SSSR count). The van der Waals surface area contributed by atoms with Crippen molar-refractivity contribution in [2.24, 2.45) is 0 Å². The second-order valence-electron chi connectivity index (χ2n) is 7.05. The van der Waals surface area contributed by atoms with E-state index in [-0.39, 0.29) is 17.3 Å². The normalized spacial score (nSPS) is 16.7. The fourth-order valence-electron chi connectivity index (χ4n) is 3.72. The Labute approximate surface area is 178 Å². The molecule has 4 aromatic rings. The molecule has 0 saturated carbocycles. The second-order valence-corrected chi connectivity index (χ2v) is 8.26. The molecule has 1 aliphatic rings. The van der Waals surface area contributed by atoms with Gasteiger partial charge >= 0.3 is 0 Å². The summed E-state index contributed by atoms with van der Waals surface area (Å²) in [6.45, 7) is 3.46. The number of aromatic amines is 1. The lowest BCUT2D eigenvalue weighted by Gasteiger charge is -2.22. The van der Waals surface area contributed by atoms with E-state index in [2.05, 4.69) is 15.0 Å². The van der Waals surface area contributed by atoms with Crippen molar-refractivity contribution in [1.82, 2.24) is 15.0 Å². The Balaban J connectivity index is 1.67.